The SMILES string of the molecule is CCN1CCC(N)C1c1ncnn1CC. The number of nitrogens with zero attached hydrogens (tertiary/aromatic N) is 4. The van der Waals surface area contributed by atoms with Gasteiger partial charge in [0.1, 0.15) is 12.2 Å². The third-order valence-corrected chi connectivity index (χ3v) is 3.16. The van der Waals surface area contributed by atoms with Gasteiger partial charge >= 0.3 is 0 Å². The maximum absolute atomic E-state index is 6.14. The van der Waals surface area contributed by atoms with Crippen LogP contribution >= 0.6 is 0 Å². The zero-order chi connectivity index (χ0) is 10.8. The molecule has 2 heterocycles. The van der Waals surface area contributed by atoms with Crippen molar-refractivity contribution in [3.05, 3.63) is 12.2 Å². The van der Waals surface area contributed by atoms with Crippen molar-refractivity contribution in [2.45, 2.75) is 38.9 Å². The highest BCUT2D eigenvalue weighted by Gasteiger charge is 2.34. The summed E-state index contributed by atoms with van der Waals surface area (Å²) >= 11 is 0. The molecule has 15 heavy (non-hydrogen) atoms. The lowest BCUT2D eigenvalue weighted by atomic mass is 10.1. The molecule has 5 heteroatoms. The molecule has 2 unspecified atom stereocenters. The van der Waals surface area contributed by atoms with Crippen LogP contribution in [0.5, 0.6) is 0 Å². The predicted octanol–water partition coefficient (Wildman–Crippen LogP) is 0.392. The van der Waals surface area contributed by atoms with E-state index in [1.807, 2.05) is 4.68 Å². The highest BCUT2D eigenvalue weighted by atomic mass is 15.4. The Morgan fingerprint density at radius 2 is 2.27 bits per heavy atom. The smallest absolute Gasteiger partial charge is 0.145 e. The number of aromatic nitrogens is 3. The van der Waals surface area contributed by atoms with E-state index in [0.29, 0.717) is 0 Å². The molecule has 2 N–H and O–H groups in total. The second-order valence-electron chi connectivity index (χ2n) is 3.96. The van der Waals surface area contributed by atoms with Gasteiger partial charge in [0.15, 0.2) is 0 Å². The quantitative estimate of drug-likeness (QED) is 0.782. The first-order valence-electron chi connectivity index (χ1n) is 5.65. The van der Waals surface area contributed by atoms with Crippen LogP contribution in [-0.2, 0) is 6.54 Å². The molecule has 0 amide bonds. The molecule has 0 bridgehead atoms. The van der Waals surface area contributed by atoms with Gasteiger partial charge in [-0.05, 0) is 19.9 Å². The molecule has 1 aromatic heterocycles. The standard InChI is InChI=1S/C10H19N5/c1-3-14-6-5-8(11)9(14)10-12-7-13-15(10)4-2/h7-9H,3-6,11H2,1-2H3. The number of hydrogen-bond donors (Lipinski definition) is 1. The summed E-state index contributed by atoms with van der Waals surface area (Å²) in [5, 5.41) is 4.21. The average Bonchev–Trinajstić information content (AvgIpc) is 2.82. The molecule has 1 aliphatic heterocycles. The number of hydrogen-bond acceptors (Lipinski definition) is 4. The number of likely N-dealkylation sites (N-methyl/N-ethyl adjacent to an activating group) is 1. The molecule has 1 aromatic rings. The minimum absolute atomic E-state index is 0.194. The Morgan fingerprint density at radius 3 is 2.93 bits per heavy atom. The lowest BCUT2D eigenvalue weighted by Crippen LogP contribution is -2.34. The lowest BCUT2D eigenvalue weighted by Gasteiger charge is -2.24. The Morgan fingerprint density at radius 1 is 1.47 bits per heavy atom. The number of rotatable bonds is 3. The molecule has 0 radical (unpaired) electrons. The summed E-state index contributed by atoms with van der Waals surface area (Å²) < 4.78 is 1.94. The largest absolute Gasteiger partial charge is 0.326 e. The normalized spacial score (nSPS) is 27.4. The second kappa shape index (κ2) is 4.28. The molecule has 5 nitrogen and oxygen atoms in total. The van der Waals surface area contributed by atoms with Crippen molar-refractivity contribution in [1.29, 1.82) is 0 Å². The van der Waals surface area contributed by atoms with Crippen LogP contribution in [0.4, 0.5) is 0 Å². The Balaban J connectivity index is 2.27. The molecule has 84 valence electrons. The minimum Gasteiger partial charge on any atom is -0.326 e. The summed E-state index contributed by atoms with van der Waals surface area (Å²) in [6.45, 7) is 7.19. The molecule has 0 spiro atoms. The van der Waals surface area contributed by atoms with E-state index in [9.17, 15) is 0 Å². The van der Waals surface area contributed by atoms with Crippen molar-refractivity contribution in [1.82, 2.24) is 19.7 Å². The molecule has 2 atom stereocenters. The third-order valence-electron chi connectivity index (χ3n) is 3.16. The fourth-order valence-electron chi connectivity index (χ4n) is 2.34. The van der Waals surface area contributed by atoms with E-state index in [4.69, 9.17) is 5.73 Å². The number of aryl methyl sites for hydroxylation is 1. The van der Waals surface area contributed by atoms with Crippen LogP contribution in [0.3, 0.4) is 0 Å². The second-order valence-corrected chi connectivity index (χ2v) is 3.96. The molecule has 0 aromatic carbocycles. The maximum Gasteiger partial charge on any atom is 0.145 e. The maximum atomic E-state index is 6.14. The van der Waals surface area contributed by atoms with E-state index in [0.717, 1.165) is 31.9 Å². The summed E-state index contributed by atoms with van der Waals surface area (Å²) in [6, 6.07) is 0.442. The van der Waals surface area contributed by atoms with Crippen LogP contribution < -0.4 is 5.73 Å². The Kier molecular flexibility index (Phi) is 3.02. The van der Waals surface area contributed by atoms with Crippen molar-refractivity contribution < 1.29 is 0 Å². The van der Waals surface area contributed by atoms with Crippen molar-refractivity contribution in [2.24, 2.45) is 5.73 Å². The number of nitrogens with two attached hydrogens (primary N) is 1. The van der Waals surface area contributed by atoms with Crippen molar-refractivity contribution in [3.8, 4) is 0 Å². The van der Waals surface area contributed by atoms with E-state index in [-0.39, 0.29) is 12.1 Å². The molecular weight excluding hydrogens is 190 g/mol. The highest BCUT2D eigenvalue weighted by molar-refractivity contribution is 5.04. The fourth-order valence-corrected chi connectivity index (χ4v) is 2.34. The summed E-state index contributed by atoms with van der Waals surface area (Å²) in [4.78, 5) is 6.72. The molecule has 0 saturated carbocycles. The van der Waals surface area contributed by atoms with Gasteiger partial charge in [-0.15, -0.1) is 0 Å². The van der Waals surface area contributed by atoms with Gasteiger partial charge in [-0.3, -0.25) is 4.90 Å². The topological polar surface area (TPSA) is 60.0 Å². The van der Waals surface area contributed by atoms with E-state index in [1.165, 1.54) is 0 Å². The molecule has 1 fully saturated rings. The highest BCUT2D eigenvalue weighted by Crippen LogP contribution is 2.29. The third kappa shape index (κ3) is 1.77. The van der Waals surface area contributed by atoms with Gasteiger partial charge in [0.25, 0.3) is 0 Å². The van der Waals surface area contributed by atoms with E-state index in [1.54, 1.807) is 6.33 Å². The Bertz CT molecular complexity index is 321. The fraction of sp³-hybridized carbons (Fsp3) is 0.800. The first kappa shape index (κ1) is 10.6. The van der Waals surface area contributed by atoms with Gasteiger partial charge in [-0.1, -0.05) is 6.92 Å². The van der Waals surface area contributed by atoms with Crippen LogP contribution in [0.1, 0.15) is 32.1 Å². The van der Waals surface area contributed by atoms with Gasteiger partial charge in [0, 0.05) is 19.1 Å². The lowest BCUT2D eigenvalue weighted by molar-refractivity contribution is 0.244. The van der Waals surface area contributed by atoms with E-state index < -0.39 is 0 Å². The molecule has 2 rings (SSSR count). The molecule has 1 saturated heterocycles. The number of likely N-dealkylation sites (tertiary alicyclic amines) is 1. The summed E-state index contributed by atoms with van der Waals surface area (Å²) in [5.41, 5.74) is 6.14. The Hall–Kier alpha value is -0.940. The van der Waals surface area contributed by atoms with Crippen LogP contribution in [0, 0.1) is 0 Å². The monoisotopic (exact) mass is 209 g/mol. The first-order valence-corrected chi connectivity index (χ1v) is 5.65. The Labute approximate surface area is 90.3 Å². The summed E-state index contributed by atoms with van der Waals surface area (Å²) in [6.07, 6.45) is 2.67. The van der Waals surface area contributed by atoms with E-state index >= 15 is 0 Å². The van der Waals surface area contributed by atoms with Crippen LogP contribution in [-0.4, -0.2) is 38.8 Å². The van der Waals surface area contributed by atoms with Crippen molar-refractivity contribution >= 4 is 0 Å². The van der Waals surface area contributed by atoms with Gasteiger partial charge in [-0.25, -0.2) is 9.67 Å². The summed E-state index contributed by atoms with van der Waals surface area (Å²) in [5.74, 6) is 1.02. The minimum atomic E-state index is 0.194. The summed E-state index contributed by atoms with van der Waals surface area (Å²) in [7, 11) is 0. The van der Waals surface area contributed by atoms with Crippen LogP contribution in [0.15, 0.2) is 6.33 Å². The van der Waals surface area contributed by atoms with Crippen LogP contribution in [0.25, 0.3) is 0 Å². The zero-order valence-electron chi connectivity index (χ0n) is 9.43. The van der Waals surface area contributed by atoms with E-state index in [2.05, 4.69) is 28.8 Å². The molecule has 0 aliphatic carbocycles. The van der Waals surface area contributed by atoms with Gasteiger partial charge in [-0.2, -0.15) is 5.10 Å². The van der Waals surface area contributed by atoms with Crippen molar-refractivity contribution in [2.75, 3.05) is 13.1 Å². The van der Waals surface area contributed by atoms with Gasteiger partial charge in [0.05, 0.1) is 6.04 Å². The molecule has 1 aliphatic rings. The zero-order valence-corrected chi connectivity index (χ0v) is 9.43. The molecular formula is C10H19N5. The first-order chi connectivity index (χ1) is 7.27. The van der Waals surface area contributed by atoms with Crippen molar-refractivity contribution in [3.63, 3.8) is 0 Å². The van der Waals surface area contributed by atoms with Crippen LogP contribution in [0.2, 0.25) is 0 Å². The van der Waals surface area contributed by atoms with Gasteiger partial charge < -0.3 is 5.73 Å². The van der Waals surface area contributed by atoms with Gasteiger partial charge in [0.2, 0.25) is 0 Å². The predicted molar refractivity (Wildman–Crippen MR) is 58.3 cm³/mol. The average molecular weight is 209 g/mol.